The summed E-state index contributed by atoms with van der Waals surface area (Å²) in [5.74, 6) is 10.6. The number of methoxy groups -OCH3 is 13. The largest absolute Gasteiger partial charge is 0.497 e. The van der Waals surface area contributed by atoms with Gasteiger partial charge in [-0.3, -0.25) is 0 Å². The maximum absolute atomic E-state index is 5.73. The van der Waals surface area contributed by atoms with Gasteiger partial charge in [0.05, 0.1) is 92.4 Å². The van der Waals surface area contributed by atoms with Crippen molar-refractivity contribution < 1.29 is 61.6 Å². The smallest absolute Gasteiger partial charge is 0.203 e. The van der Waals surface area contributed by atoms with Gasteiger partial charge in [0.25, 0.3) is 0 Å². The van der Waals surface area contributed by atoms with Gasteiger partial charge in [0.2, 0.25) is 5.75 Å². The summed E-state index contributed by atoms with van der Waals surface area (Å²) in [6.07, 6.45) is 1.15. The molecule has 0 radical (unpaired) electrons. The molecule has 0 saturated carbocycles. The molecule has 0 fully saturated rings. The molecule has 13 nitrogen and oxygen atoms in total. The Morgan fingerprint density at radius 2 is 0.637 bits per heavy atom. The average Bonchev–Trinajstić information content (AvgIpc) is 0.835. The fourth-order valence-corrected chi connectivity index (χ4v) is 11.1. The molecule has 0 N–H and O–H groups in total. The molecule has 19 heteroatoms. The van der Waals surface area contributed by atoms with Crippen molar-refractivity contribution in [3.63, 3.8) is 0 Å². The van der Waals surface area contributed by atoms with Gasteiger partial charge in [0.1, 0.15) is 34.5 Å². The number of halogens is 6. The van der Waals surface area contributed by atoms with Gasteiger partial charge in [0.15, 0.2) is 34.5 Å². The first-order valence-electron chi connectivity index (χ1n) is 35.8. The van der Waals surface area contributed by atoms with Gasteiger partial charge in [-0.2, -0.15) is 0 Å². The molecule has 612 valence electrons. The summed E-state index contributed by atoms with van der Waals surface area (Å²) in [6, 6.07) is 64.0. The first-order chi connectivity index (χ1) is 53.8. The molecule has 0 spiro atoms. The lowest BCUT2D eigenvalue weighted by Crippen LogP contribution is -1.95. The SMILES string of the molecule is CCc1ccccc1C.COc1c(C)cccc1C.COc1cc(C)cc(OC)c1.COc1cc(C)cc(OC)c1OC.COc1ccc(C)cc1OC.COc1ccc(OC)c(C)c1.COc1cccc(C)c1C.COc1cccc(C)c1OC.Cc1c(Cl)cccc1Cl.Cc1cc(Cl)ccc1Cl.Cc1ccc(Cl)cc1Cl. The van der Waals surface area contributed by atoms with Crippen LogP contribution in [0.4, 0.5) is 0 Å². The van der Waals surface area contributed by atoms with Crippen molar-refractivity contribution in [2.24, 2.45) is 0 Å². The molecule has 0 bridgehead atoms. The van der Waals surface area contributed by atoms with E-state index in [2.05, 4.69) is 58.0 Å². The lowest BCUT2D eigenvalue weighted by Gasteiger charge is -2.12. The quantitative estimate of drug-likeness (QED) is 0.103. The molecule has 0 aliphatic carbocycles. The molecule has 0 atom stereocenters. The van der Waals surface area contributed by atoms with Crippen molar-refractivity contribution in [1.29, 1.82) is 0 Å². The Morgan fingerprint density at radius 3 is 1.04 bits per heavy atom. The molecular weight excluding hydrogens is 1550 g/mol. The van der Waals surface area contributed by atoms with Crippen LogP contribution in [0.25, 0.3) is 0 Å². The highest BCUT2D eigenvalue weighted by molar-refractivity contribution is 6.36. The second-order valence-corrected chi connectivity index (χ2v) is 27.3. The highest BCUT2D eigenvalue weighted by Crippen LogP contribution is 2.38. The summed E-state index contributed by atoms with van der Waals surface area (Å²) < 4.78 is 66.4. The van der Waals surface area contributed by atoms with Crippen LogP contribution in [0.2, 0.25) is 30.1 Å². The van der Waals surface area contributed by atoms with Crippen molar-refractivity contribution >= 4 is 69.6 Å². The second kappa shape index (κ2) is 56.7. The van der Waals surface area contributed by atoms with Crippen LogP contribution < -0.4 is 61.6 Å². The molecule has 0 amide bonds. The van der Waals surface area contributed by atoms with Crippen molar-refractivity contribution in [2.45, 2.75) is 103 Å². The van der Waals surface area contributed by atoms with E-state index < -0.39 is 0 Å². The number of benzene rings is 11. The first-order valence-corrected chi connectivity index (χ1v) is 38.1. The Bertz CT molecular complexity index is 4430. The van der Waals surface area contributed by atoms with Gasteiger partial charge in [-0.25, -0.2) is 0 Å². The molecule has 0 aliphatic rings. The van der Waals surface area contributed by atoms with Crippen molar-refractivity contribution in [3.05, 3.63) is 308 Å². The zero-order valence-electron chi connectivity index (χ0n) is 70.8. The van der Waals surface area contributed by atoms with E-state index in [0.717, 1.165) is 128 Å². The minimum absolute atomic E-state index is 0.635. The van der Waals surface area contributed by atoms with Crippen molar-refractivity contribution in [2.75, 3.05) is 92.4 Å². The molecule has 0 unspecified atom stereocenters. The summed E-state index contributed by atoms with van der Waals surface area (Å²) in [5, 5.41) is 4.36. The number of hydrogen-bond acceptors (Lipinski definition) is 13. The summed E-state index contributed by atoms with van der Waals surface area (Å²) in [4.78, 5) is 0. The van der Waals surface area contributed by atoms with Crippen LogP contribution in [0.1, 0.15) is 84.8 Å². The molecule has 0 saturated heterocycles. The Kier molecular flexibility index (Phi) is 51.0. The van der Waals surface area contributed by atoms with E-state index in [0.29, 0.717) is 22.3 Å². The van der Waals surface area contributed by atoms with E-state index in [1.54, 1.807) is 111 Å². The number of hydrogen-bond donors (Lipinski definition) is 0. The van der Waals surface area contributed by atoms with Crippen LogP contribution in [-0.2, 0) is 6.42 Å². The Morgan fingerprint density at radius 1 is 0.212 bits per heavy atom. The predicted molar refractivity (Wildman–Crippen MR) is 477 cm³/mol. The number of rotatable bonds is 14. The molecule has 0 aliphatic heterocycles. The zero-order chi connectivity index (χ0) is 85.3. The van der Waals surface area contributed by atoms with Gasteiger partial charge in [-0.05, 0) is 284 Å². The normalized spacial score (nSPS) is 9.50. The predicted octanol–water partition coefficient (Wildman–Crippen LogP) is 27.2. The number of aryl methyl sites for hydroxylation is 12. The van der Waals surface area contributed by atoms with Crippen LogP contribution >= 0.6 is 69.6 Å². The molecule has 11 rings (SSSR count). The third-order valence-electron chi connectivity index (χ3n) is 16.5. The summed E-state index contributed by atoms with van der Waals surface area (Å²) in [5.41, 5.74) is 16.3. The Labute approximate surface area is 705 Å². The van der Waals surface area contributed by atoms with Crippen LogP contribution in [0, 0.1) is 90.0 Å². The number of para-hydroxylation sites is 2. The molecule has 11 aromatic carbocycles. The lowest BCUT2D eigenvalue weighted by atomic mass is 10.1. The van der Waals surface area contributed by atoms with E-state index in [4.69, 9.17) is 131 Å². The molecule has 0 aromatic heterocycles. The van der Waals surface area contributed by atoms with E-state index in [1.165, 1.54) is 38.9 Å². The van der Waals surface area contributed by atoms with Crippen LogP contribution in [0.15, 0.2) is 200 Å². The third kappa shape index (κ3) is 37.8. The van der Waals surface area contributed by atoms with E-state index >= 15 is 0 Å². The fraction of sp³-hybridized carbons (Fsp3) is 0.298. The van der Waals surface area contributed by atoms with Crippen molar-refractivity contribution in [1.82, 2.24) is 0 Å². The number of ether oxygens (including phenoxy) is 13. The second-order valence-electron chi connectivity index (χ2n) is 24.8. The maximum atomic E-state index is 5.73. The minimum Gasteiger partial charge on any atom is -0.497 e. The van der Waals surface area contributed by atoms with E-state index in [1.807, 2.05) is 221 Å². The topological polar surface area (TPSA) is 120 Å². The minimum atomic E-state index is 0.635. The van der Waals surface area contributed by atoms with Crippen molar-refractivity contribution in [3.8, 4) is 74.7 Å². The molecule has 11 aromatic rings. The summed E-state index contributed by atoms with van der Waals surface area (Å²) in [7, 11) is 21.4. The average molecular weight is 1670 g/mol. The zero-order valence-corrected chi connectivity index (χ0v) is 75.4. The highest BCUT2D eigenvalue weighted by atomic mass is 35.5. The summed E-state index contributed by atoms with van der Waals surface area (Å²) in [6.45, 7) is 28.3. The van der Waals surface area contributed by atoms with Gasteiger partial charge in [0, 0.05) is 36.2 Å². The Hall–Kier alpha value is -9.44. The van der Waals surface area contributed by atoms with Gasteiger partial charge in [-0.15, -0.1) is 0 Å². The van der Waals surface area contributed by atoms with E-state index in [-0.39, 0.29) is 0 Å². The standard InChI is InChI=1S/C10H14O3.4C9H12O2.2C9H12O.C9H12.3C7H6Cl2/c1-7-5-8(11-2)10(13-4)9(6-7)12-3;1-7-4-8(10-2)6-9(5-7)11-3;1-7-6-8(10-2)4-5-9(7)11-3;1-7-4-5-8(10-2)9(6-7)11-3;1-7-5-4-6-8(10-2)9(7)11-3;1-7-5-4-6-9(10-3)8(7)2;1-7-5-4-6-8(2)9(7)10-3;1-3-9-7-5-4-6-8(9)2;1-5-4-6(8)2-3-7(5)9;1-5-2-3-6(8)4-7(5)9;1-5-6(8)3-2-4-7(5)9/h5-6H,1-4H3;4*4-6H,1-3H3;2*4-6H,1-3H3;4-7H,3H2,1-2H3;3*2-4H,1H3. The molecule has 0 heterocycles. The van der Waals surface area contributed by atoms with Crippen LogP contribution in [0.3, 0.4) is 0 Å². The molecular formula is C94H116Cl6O13. The summed E-state index contributed by atoms with van der Waals surface area (Å²) >= 11 is 34.2. The third-order valence-corrected chi connectivity index (χ3v) is 18.7. The van der Waals surface area contributed by atoms with Crippen LogP contribution in [-0.4, -0.2) is 92.4 Å². The van der Waals surface area contributed by atoms with Crippen LogP contribution in [0.5, 0.6) is 74.7 Å². The Balaban J connectivity index is 0.000000622. The highest BCUT2D eigenvalue weighted by Gasteiger charge is 2.12. The van der Waals surface area contributed by atoms with Gasteiger partial charge < -0.3 is 61.6 Å². The fourth-order valence-electron chi connectivity index (χ4n) is 9.96. The van der Waals surface area contributed by atoms with Gasteiger partial charge >= 0.3 is 0 Å². The molecule has 113 heavy (non-hydrogen) atoms. The monoisotopic (exact) mass is 1660 g/mol. The maximum Gasteiger partial charge on any atom is 0.203 e. The first kappa shape index (κ1) is 102. The van der Waals surface area contributed by atoms with E-state index in [9.17, 15) is 0 Å². The lowest BCUT2D eigenvalue weighted by molar-refractivity contribution is 0.324. The van der Waals surface area contributed by atoms with Gasteiger partial charge in [-0.1, -0.05) is 161 Å².